The quantitative estimate of drug-likeness (QED) is 0.668. The lowest BCUT2D eigenvalue weighted by Gasteiger charge is -2.12. The lowest BCUT2D eigenvalue weighted by atomic mass is 10.1. The van der Waals surface area contributed by atoms with E-state index in [1.54, 1.807) is 0 Å². The third-order valence-electron chi connectivity index (χ3n) is 4.03. The molecule has 25 heavy (non-hydrogen) atoms. The number of para-hydroxylation sites is 1. The molecule has 0 atom stereocenters. The first kappa shape index (κ1) is 18.6. The van der Waals surface area contributed by atoms with Gasteiger partial charge in [-0.15, -0.1) is 0 Å². The molecular formula is C23H27NO. The summed E-state index contributed by atoms with van der Waals surface area (Å²) in [7, 11) is 4.07. The van der Waals surface area contributed by atoms with Crippen LogP contribution in [0.25, 0.3) is 28.7 Å². The normalized spacial score (nSPS) is 10.1. The minimum atomic E-state index is 0.918. The maximum atomic E-state index is 5.66. The van der Waals surface area contributed by atoms with Gasteiger partial charge >= 0.3 is 0 Å². The van der Waals surface area contributed by atoms with Gasteiger partial charge in [-0.3, -0.25) is 0 Å². The second-order valence-electron chi connectivity index (χ2n) is 6.63. The summed E-state index contributed by atoms with van der Waals surface area (Å²) in [5.74, 6) is 0. The van der Waals surface area contributed by atoms with Crippen LogP contribution in [-0.4, -0.2) is 14.1 Å². The van der Waals surface area contributed by atoms with E-state index in [1.807, 2.05) is 59.1 Å². The standard InChI is InChI=1S/C12H12O.C11H15N/c1-8(2)12-9(3)10-6-4-5-7-11(10)13-12;1-9(2)10-5-7-11(8-6-10)12(3)4/h4-7H,3H2,1-2H3;5-8H,1H2,2-4H3. The van der Waals surface area contributed by atoms with Gasteiger partial charge in [-0.2, -0.15) is 0 Å². The van der Waals surface area contributed by atoms with E-state index in [1.165, 1.54) is 16.8 Å². The molecule has 0 spiro atoms. The van der Waals surface area contributed by atoms with Gasteiger partial charge in [0.25, 0.3) is 0 Å². The summed E-state index contributed by atoms with van der Waals surface area (Å²) in [5, 5.41) is 2.11. The summed E-state index contributed by atoms with van der Waals surface area (Å²) in [5.41, 5.74) is 6.55. The Morgan fingerprint density at radius 2 is 1.52 bits per heavy atom. The molecule has 2 heteroatoms. The second-order valence-corrected chi connectivity index (χ2v) is 6.63. The van der Waals surface area contributed by atoms with Crippen molar-refractivity contribution in [1.82, 2.24) is 0 Å². The number of anilines is 1. The molecule has 130 valence electrons. The highest BCUT2D eigenvalue weighted by atomic mass is 16.3. The van der Waals surface area contributed by atoms with Crippen molar-refractivity contribution in [2.75, 3.05) is 19.0 Å². The molecule has 1 heterocycles. The fourth-order valence-corrected chi connectivity index (χ4v) is 2.55. The molecular weight excluding hydrogens is 306 g/mol. The van der Waals surface area contributed by atoms with E-state index in [4.69, 9.17) is 4.42 Å². The SMILES string of the molecule is C=C(C)c1ccc(N(C)C)cc1.C=c1c(=C(C)C)oc2ccccc12. The summed E-state index contributed by atoms with van der Waals surface area (Å²) >= 11 is 0. The maximum Gasteiger partial charge on any atom is 0.135 e. The third-order valence-corrected chi connectivity index (χ3v) is 4.03. The number of furan rings is 1. The van der Waals surface area contributed by atoms with Crippen molar-refractivity contribution in [3.8, 4) is 0 Å². The fourth-order valence-electron chi connectivity index (χ4n) is 2.55. The Balaban J connectivity index is 0.000000181. The van der Waals surface area contributed by atoms with Gasteiger partial charge in [0.15, 0.2) is 0 Å². The van der Waals surface area contributed by atoms with Crippen LogP contribution in [0.3, 0.4) is 0 Å². The highest BCUT2D eigenvalue weighted by Crippen LogP contribution is 2.16. The minimum Gasteiger partial charge on any atom is -0.456 e. The topological polar surface area (TPSA) is 16.4 Å². The van der Waals surface area contributed by atoms with Crippen LogP contribution < -0.4 is 15.5 Å². The summed E-state index contributed by atoms with van der Waals surface area (Å²) in [6.45, 7) is 14.0. The Labute approximate surface area is 150 Å². The second kappa shape index (κ2) is 7.89. The molecule has 0 aliphatic carbocycles. The molecule has 3 rings (SSSR count). The van der Waals surface area contributed by atoms with E-state index < -0.39 is 0 Å². The first-order valence-electron chi connectivity index (χ1n) is 8.38. The molecule has 0 fully saturated rings. The average Bonchev–Trinajstić information content (AvgIpc) is 2.93. The molecule has 0 radical (unpaired) electrons. The van der Waals surface area contributed by atoms with Crippen LogP contribution in [0, 0.1) is 0 Å². The molecule has 0 aliphatic rings. The average molecular weight is 333 g/mol. The number of rotatable bonds is 2. The first-order chi connectivity index (χ1) is 11.8. The van der Waals surface area contributed by atoms with Gasteiger partial charge in [-0.25, -0.2) is 0 Å². The van der Waals surface area contributed by atoms with Crippen molar-refractivity contribution in [2.45, 2.75) is 20.8 Å². The monoisotopic (exact) mass is 333 g/mol. The molecule has 0 bridgehead atoms. The Hall–Kier alpha value is -2.74. The molecule has 0 saturated heterocycles. The van der Waals surface area contributed by atoms with Gasteiger partial charge in [0.2, 0.25) is 0 Å². The lowest BCUT2D eigenvalue weighted by molar-refractivity contribution is 0.571. The molecule has 2 nitrogen and oxygen atoms in total. The predicted molar refractivity (Wildman–Crippen MR) is 111 cm³/mol. The number of allylic oxidation sites excluding steroid dienone is 1. The minimum absolute atomic E-state index is 0.918. The van der Waals surface area contributed by atoms with Crippen molar-refractivity contribution < 1.29 is 4.42 Å². The van der Waals surface area contributed by atoms with Crippen LogP contribution in [0.2, 0.25) is 0 Å². The number of fused-ring (bicyclic) bond motifs is 1. The van der Waals surface area contributed by atoms with Gasteiger partial charge in [0.05, 0.1) is 0 Å². The number of nitrogens with zero attached hydrogens (tertiary/aromatic N) is 1. The lowest BCUT2D eigenvalue weighted by Crippen LogP contribution is -2.19. The van der Waals surface area contributed by atoms with Crippen LogP contribution in [0.15, 0.2) is 59.5 Å². The van der Waals surface area contributed by atoms with Gasteiger partial charge in [0.1, 0.15) is 11.0 Å². The molecule has 0 N–H and O–H groups in total. The highest BCUT2D eigenvalue weighted by Gasteiger charge is 2.00. The maximum absolute atomic E-state index is 5.66. The van der Waals surface area contributed by atoms with Crippen LogP contribution in [0.5, 0.6) is 0 Å². The van der Waals surface area contributed by atoms with E-state index in [-0.39, 0.29) is 0 Å². The Bertz CT molecular complexity index is 971. The molecule has 1 aromatic heterocycles. The van der Waals surface area contributed by atoms with Crippen LogP contribution in [0.4, 0.5) is 5.69 Å². The third kappa shape index (κ3) is 4.42. The number of hydrogen-bond donors (Lipinski definition) is 0. The zero-order valence-electron chi connectivity index (χ0n) is 15.9. The summed E-state index contributed by atoms with van der Waals surface area (Å²) in [6, 6.07) is 16.4. The molecule has 2 aromatic carbocycles. The van der Waals surface area contributed by atoms with Crippen LogP contribution >= 0.6 is 0 Å². The fraction of sp³-hybridized carbons (Fsp3) is 0.217. The molecule has 0 unspecified atom stereocenters. The Morgan fingerprint density at radius 3 is 2.00 bits per heavy atom. The molecule has 0 aliphatic heterocycles. The highest BCUT2D eigenvalue weighted by molar-refractivity contribution is 5.78. The Kier molecular flexibility index (Phi) is 5.87. The van der Waals surface area contributed by atoms with Crippen molar-refractivity contribution in [3.63, 3.8) is 0 Å². The molecule has 0 saturated carbocycles. The van der Waals surface area contributed by atoms with Gasteiger partial charge < -0.3 is 9.32 Å². The van der Waals surface area contributed by atoms with Gasteiger partial charge in [-0.05, 0) is 50.1 Å². The van der Waals surface area contributed by atoms with Crippen molar-refractivity contribution in [1.29, 1.82) is 0 Å². The summed E-state index contributed by atoms with van der Waals surface area (Å²) < 4.78 is 5.66. The number of hydrogen-bond acceptors (Lipinski definition) is 2. The van der Waals surface area contributed by atoms with E-state index in [0.29, 0.717) is 0 Å². The molecule has 0 amide bonds. The van der Waals surface area contributed by atoms with E-state index in [9.17, 15) is 0 Å². The Morgan fingerprint density at radius 1 is 0.920 bits per heavy atom. The van der Waals surface area contributed by atoms with E-state index >= 15 is 0 Å². The summed E-state index contributed by atoms with van der Waals surface area (Å²) in [6.07, 6.45) is 0. The van der Waals surface area contributed by atoms with Crippen LogP contribution in [-0.2, 0) is 0 Å². The largest absolute Gasteiger partial charge is 0.456 e. The number of benzene rings is 2. The van der Waals surface area contributed by atoms with E-state index in [2.05, 4.69) is 42.3 Å². The van der Waals surface area contributed by atoms with Crippen molar-refractivity contribution in [2.24, 2.45) is 0 Å². The molecule has 3 aromatic rings. The van der Waals surface area contributed by atoms with Crippen LogP contribution in [0.1, 0.15) is 26.3 Å². The van der Waals surface area contributed by atoms with Crippen molar-refractivity contribution in [3.05, 3.63) is 71.3 Å². The van der Waals surface area contributed by atoms with E-state index in [0.717, 1.165) is 27.2 Å². The first-order valence-corrected chi connectivity index (χ1v) is 8.38. The summed E-state index contributed by atoms with van der Waals surface area (Å²) in [4.78, 5) is 2.09. The van der Waals surface area contributed by atoms with Gasteiger partial charge in [-0.1, -0.05) is 49.1 Å². The van der Waals surface area contributed by atoms with Gasteiger partial charge in [0, 0.05) is 30.4 Å². The zero-order chi connectivity index (χ0) is 18.6. The van der Waals surface area contributed by atoms with Crippen molar-refractivity contribution >= 4 is 34.4 Å². The zero-order valence-corrected chi connectivity index (χ0v) is 15.9. The predicted octanol–water partition coefficient (Wildman–Crippen LogP) is 4.82. The smallest absolute Gasteiger partial charge is 0.135 e.